The molecule has 11 nitrogen and oxygen atoms in total. The summed E-state index contributed by atoms with van der Waals surface area (Å²) in [7, 11) is 2.02. The molecule has 0 bridgehead atoms. The smallest absolute Gasteiger partial charge is 0.404 e. The van der Waals surface area contributed by atoms with Crippen LogP contribution >= 0.6 is 12.4 Å². The second-order valence-electron chi connectivity index (χ2n) is 9.20. The molecule has 1 aromatic carbocycles. The second kappa shape index (κ2) is 11.2. The number of nitrogens with one attached hydrogen (secondary N) is 1. The molecule has 15 heteroatoms. The first-order valence-electron chi connectivity index (χ1n) is 12.1. The van der Waals surface area contributed by atoms with Crippen LogP contribution in [0.15, 0.2) is 24.4 Å². The Balaban J connectivity index is 0.00000353. The highest BCUT2D eigenvalue weighted by Crippen LogP contribution is 2.37. The number of piperazine rings is 1. The van der Waals surface area contributed by atoms with E-state index in [-0.39, 0.29) is 42.9 Å². The number of aliphatic hydroxyl groups is 1. The van der Waals surface area contributed by atoms with Crippen LogP contribution in [0.4, 0.5) is 30.5 Å². The fraction of sp³-hybridized carbons (Fsp3) is 0.417. The Morgan fingerprint density at radius 3 is 2.62 bits per heavy atom. The Hall–Kier alpha value is -3.62. The molecule has 1 fully saturated rings. The minimum atomic E-state index is -4.89. The monoisotopic (exact) mass is 568 g/mol. The van der Waals surface area contributed by atoms with Crippen LogP contribution in [0, 0.1) is 0 Å². The lowest BCUT2D eigenvalue weighted by atomic mass is 9.93. The highest BCUT2D eigenvalue weighted by Gasteiger charge is 2.33. The third kappa shape index (κ3) is 6.02. The highest BCUT2D eigenvalue weighted by atomic mass is 35.5. The van der Waals surface area contributed by atoms with E-state index in [9.17, 15) is 23.1 Å². The normalized spacial score (nSPS) is 15.3. The summed E-state index contributed by atoms with van der Waals surface area (Å²) in [6, 6.07) is 4.45. The van der Waals surface area contributed by atoms with Gasteiger partial charge in [0.05, 0.1) is 30.2 Å². The Labute approximate surface area is 228 Å². The third-order valence-electron chi connectivity index (χ3n) is 6.63. The lowest BCUT2D eigenvalue weighted by Crippen LogP contribution is -2.44. The van der Waals surface area contributed by atoms with Gasteiger partial charge in [-0.2, -0.15) is 5.10 Å². The number of carbonyl (C=O) groups excluding carboxylic acids is 1. The summed E-state index contributed by atoms with van der Waals surface area (Å²) >= 11 is 0. The van der Waals surface area contributed by atoms with Crippen molar-refractivity contribution in [2.45, 2.75) is 25.7 Å². The molecule has 3 aromatic rings. The molecule has 1 aliphatic heterocycles. The van der Waals surface area contributed by atoms with Gasteiger partial charge in [-0.3, -0.25) is 9.48 Å². The Morgan fingerprint density at radius 1 is 1.21 bits per heavy atom. The number of hydrogen-bond donors (Lipinski definition) is 3. The molecule has 210 valence electrons. The molecule has 0 radical (unpaired) electrons. The Bertz CT molecular complexity index is 1360. The number of aliphatic hydroxyl groups excluding tert-OH is 1. The number of anilines is 3. The number of likely N-dealkylation sites (N-methyl/N-ethyl adjacent to an activating group) is 1. The molecule has 0 atom stereocenters. The molecular weight excluding hydrogens is 541 g/mol. The van der Waals surface area contributed by atoms with E-state index < -0.39 is 18.0 Å². The van der Waals surface area contributed by atoms with Crippen LogP contribution in [-0.2, 0) is 19.4 Å². The minimum absolute atomic E-state index is 0. The molecule has 1 aliphatic carbocycles. The van der Waals surface area contributed by atoms with Gasteiger partial charge in [0.15, 0.2) is 11.4 Å². The maximum absolute atomic E-state index is 13.2. The average Bonchev–Trinajstić information content (AvgIpc) is 3.24. The number of aryl methyl sites for hydroxylation is 1. The zero-order chi connectivity index (χ0) is 27.0. The van der Waals surface area contributed by atoms with Gasteiger partial charge in [0, 0.05) is 43.6 Å². The predicted octanol–water partition coefficient (Wildman–Crippen LogP) is 2.35. The summed E-state index contributed by atoms with van der Waals surface area (Å²) in [4.78, 5) is 25.1. The van der Waals surface area contributed by atoms with Gasteiger partial charge in [-0.1, -0.05) is 0 Å². The largest absolute Gasteiger partial charge is 0.573 e. The number of rotatable bonds is 7. The SMILES string of the molecule is CN1CCN(c2ccc(OC(F)(F)F)c(Nc3ncc4c(n3)-c3c(c(C(N)=O)nn3CCO)CC4)c2)CC1.Cl. The maximum Gasteiger partial charge on any atom is 0.573 e. The lowest BCUT2D eigenvalue weighted by molar-refractivity contribution is -0.274. The number of ether oxygens (including phenoxy) is 1. The predicted molar refractivity (Wildman–Crippen MR) is 140 cm³/mol. The molecular formula is C24H28ClF3N8O3. The zero-order valence-electron chi connectivity index (χ0n) is 21.0. The van der Waals surface area contributed by atoms with Crippen LogP contribution in [0.5, 0.6) is 5.75 Å². The van der Waals surface area contributed by atoms with Crippen molar-refractivity contribution in [3.05, 3.63) is 41.2 Å². The van der Waals surface area contributed by atoms with Crippen molar-refractivity contribution >= 4 is 35.6 Å². The van der Waals surface area contributed by atoms with Crippen LogP contribution in [0.2, 0.25) is 0 Å². The van der Waals surface area contributed by atoms with Crippen LogP contribution in [0.1, 0.15) is 21.6 Å². The molecule has 5 rings (SSSR count). The number of aromatic nitrogens is 4. The number of amides is 1. The van der Waals surface area contributed by atoms with E-state index in [1.54, 1.807) is 18.3 Å². The first kappa shape index (κ1) is 28.4. The summed E-state index contributed by atoms with van der Waals surface area (Å²) in [6.07, 6.45) is -2.30. The molecule has 2 aromatic heterocycles. The van der Waals surface area contributed by atoms with Gasteiger partial charge in [-0.05, 0) is 43.7 Å². The fourth-order valence-corrected chi connectivity index (χ4v) is 4.78. The molecule has 1 amide bonds. The van der Waals surface area contributed by atoms with Crippen LogP contribution in [0.25, 0.3) is 11.4 Å². The van der Waals surface area contributed by atoms with Gasteiger partial charge in [-0.15, -0.1) is 25.6 Å². The number of hydrogen-bond acceptors (Lipinski definition) is 9. The molecule has 3 heterocycles. The molecule has 39 heavy (non-hydrogen) atoms. The standard InChI is InChI=1S/C24H27F3N8O3.ClH/c1-33-6-8-34(9-7-33)15-3-5-18(38-24(25,26)27)17(12-15)30-23-29-13-14-2-4-16-20(22(28)37)32-35(10-11-36)21(16)19(14)31-23;/h3,5,12-13,36H,2,4,6-11H2,1H3,(H2,28,37)(H,29,30,31);1H. The van der Waals surface area contributed by atoms with Crippen molar-refractivity contribution in [1.82, 2.24) is 24.6 Å². The Morgan fingerprint density at radius 2 is 1.95 bits per heavy atom. The summed E-state index contributed by atoms with van der Waals surface area (Å²) < 4.78 is 45.2. The average molecular weight is 569 g/mol. The van der Waals surface area contributed by atoms with Crippen molar-refractivity contribution in [2.24, 2.45) is 5.73 Å². The summed E-state index contributed by atoms with van der Waals surface area (Å²) in [5.41, 5.74) is 8.79. The summed E-state index contributed by atoms with van der Waals surface area (Å²) in [6.45, 7) is 2.99. The van der Waals surface area contributed by atoms with Crippen molar-refractivity contribution in [2.75, 3.05) is 50.1 Å². The summed E-state index contributed by atoms with van der Waals surface area (Å²) in [5.74, 6) is -1.07. The maximum atomic E-state index is 13.2. The fourth-order valence-electron chi connectivity index (χ4n) is 4.78. The zero-order valence-corrected chi connectivity index (χ0v) is 21.8. The number of alkyl halides is 3. The number of carbonyl (C=O) groups is 1. The molecule has 2 aliphatic rings. The van der Waals surface area contributed by atoms with Gasteiger partial charge >= 0.3 is 6.36 Å². The van der Waals surface area contributed by atoms with E-state index in [4.69, 9.17) is 5.73 Å². The van der Waals surface area contributed by atoms with Crippen molar-refractivity contribution < 1.29 is 27.8 Å². The molecule has 0 spiro atoms. The Kier molecular flexibility index (Phi) is 8.18. The van der Waals surface area contributed by atoms with Gasteiger partial charge in [0.25, 0.3) is 5.91 Å². The van der Waals surface area contributed by atoms with E-state index >= 15 is 0 Å². The van der Waals surface area contributed by atoms with E-state index in [2.05, 4.69) is 34.9 Å². The second-order valence-corrected chi connectivity index (χ2v) is 9.20. The van der Waals surface area contributed by atoms with Crippen molar-refractivity contribution in [3.8, 4) is 17.1 Å². The first-order chi connectivity index (χ1) is 18.1. The third-order valence-corrected chi connectivity index (χ3v) is 6.63. The quantitative estimate of drug-likeness (QED) is 0.392. The van der Waals surface area contributed by atoms with Crippen LogP contribution in [-0.4, -0.2) is 81.9 Å². The topological polar surface area (TPSA) is 135 Å². The molecule has 1 saturated heterocycles. The molecule has 4 N–H and O–H groups in total. The van der Waals surface area contributed by atoms with Crippen molar-refractivity contribution in [1.29, 1.82) is 0 Å². The number of benzene rings is 1. The van der Waals surface area contributed by atoms with E-state index in [1.165, 1.54) is 10.7 Å². The van der Waals surface area contributed by atoms with Crippen molar-refractivity contribution in [3.63, 3.8) is 0 Å². The minimum Gasteiger partial charge on any atom is -0.404 e. The number of primary amides is 1. The van der Waals surface area contributed by atoms with Gasteiger partial charge in [0.1, 0.15) is 0 Å². The van der Waals surface area contributed by atoms with E-state index in [0.717, 1.165) is 37.4 Å². The van der Waals surface area contributed by atoms with E-state index in [0.29, 0.717) is 29.8 Å². The highest BCUT2D eigenvalue weighted by molar-refractivity contribution is 5.94. The van der Waals surface area contributed by atoms with Gasteiger partial charge in [0.2, 0.25) is 5.95 Å². The first-order valence-corrected chi connectivity index (χ1v) is 12.1. The number of fused-ring (bicyclic) bond motifs is 3. The van der Waals surface area contributed by atoms with E-state index in [1.807, 2.05) is 7.05 Å². The van der Waals surface area contributed by atoms with Gasteiger partial charge in [-0.25, -0.2) is 9.97 Å². The van der Waals surface area contributed by atoms with Crippen LogP contribution < -0.4 is 20.7 Å². The van der Waals surface area contributed by atoms with Crippen LogP contribution in [0.3, 0.4) is 0 Å². The van der Waals surface area contributed by atoms with Gasteiger partial charge < -0.3 is 30.7 Å². The summed E-state index contributed by atoms with van der Waals surface area (Å²) in [5, 5.41) is 16.7. The number of nitrogens with zero attached hydrogens (tertiary/aromatic N) is 6. The number of halogens is 4. The lowest BCUT2D eigenvalue weighted by Gasteiger charge is -2.34. The number of nitrogens with two attached hydrogens (primary N) is 1. The molecule has 0 unspecified atom stereocenters. The molecule has 0 saturated carbocycles.